The first kappa shape index (κ1) is 37.0. The molecular formula is C40H72. The molecule has 0 nitrogen and oxygen atoms in total. The molecule has 0 saturated carbocycles. The molecule has 3 rings (SSSR count). The average Bonchev–Trinajstić information content (AvgIpc) is 2.76. The molecule has 0 aromatic heterocycles. The van der Waals surface area contributed by atoms with E-state index in [1.54, 1.807) is 27.9 Å². The second kappa shape index (κ2) is 13.5. The maximum Gasteiger partial charge on any atom is -0.0102 e. The lowest BCUT2D eigenvalue weighted by Gasteiger charge is -2.44. The Kier molecular flexibility index (Phi) is 12.5. The van der Waals surface area contributed by atoms with E-state index in [0.29, 0.717) is 27.6 Å². The Labute approximate surface area is 253 Å². The zero-order chi connectivity index (χ0) is 31.6. The van der Waals surface area contributed by atoms with Crippen LogP contribution in [0.1, 0.15) is 164 Å². The highest BCUT2D eigenvalue weighted by molar-refractivity contribution is 5.40. The van der Waals surface area contributed by atoms with Crippen molar-refractivity contribution >= 4 is 0 Å². The van der Waals surface area contributed by atoms with Crippen LogP contribution in [0, 0.1) is 45.3 Å². The lowest BCUT2D eigenvalue weighted by atomic mass is 9.61. The van der Waals surface area contributed by atoms with Crippen LogP contribution in [0.15, 0.2) is 45.1 Å². The lowest BCUT2D eigenvalue weighted by molar-refractivity contribution is 0.162. The molecule has 2 atom stereocenters. The van der Waals surface area contributed by atoms with Gasteiger partial charge in [-0.2, -0.15) is 0 Å². The third-order valence-corrected chi connectivity index (χ3v) is 10.8. The maximum absolute atomic E-state index is 2.42. The van der Waals surface area contributed by atoms with E-state index in [1.165, 1.54) is 43.3 Å². The molecule has 232 valence electrons. The first-order valence-electron chi connectivity index (χ1n) is 16.6. The molecular weight excluding hydrogens is 480 g/mol. The van der Waals surface area contributed by atoms with E-state index in [9.17, 15) is 0 Å². The normalized spacial score (nSPS) is 26.3. The third-order valence-electron chi connectivity index (χ3n) is 10.8. The number of hydrogen-bond donors (Lipinski definition) is 0. The van der Waals surface area contributed by atoms with Crippen molar-refractivity contribution in [1.29, 1.82) is 0 Å². The molecule has 0 heteroatoms. The van der Waals surface area contributed by atoms with Gasteiger partial charge in [0.05, 0.1) is 0 Å². The van der Waals surface area contributed by atoms with Gasteiger partial charge in [-0.05, 0) is 118 Å². The summed E-state index contributed by atoms with van der Waals surface area (Å²) >= 11 is 0. The first-order chi connectivity index (χ1) is 17.9. The summed E-state index contributed by atoms with van der Waals surface area (Å²) in [6.45, 7) is 44.6. The Morgan fingerprint density at radius 3 is 1.68 bits per heavy atom. The van der Waals surface area contributed by atoms with Crippen LogP contribution in [0.25, 0.3) is 0 Å². The van der Waals surface area contributed by atoms with Crippen molar-refractivity contribution in [3.8, 4) is 0 Å². The molecule has 0 radical (unpaired) electrons. The van der Waals surface area contributed by atoms with E-state index < -0.39 is 0 Å². The number of hydrogen-bond acceptors (Lipinski definition) is 0. The van der Waals surface area contributed by atoms with Gasteiger partial charge < -0.3 is 0 Å². The summed E-state index contributed by atoms with van der Waals surface area (Å²) in [4.78, 5) is 0. The zero-order valence-electron chi connectivity index (χ0n) is 30.9. The predicted octanol–water partition coefficient (Wildman–Crippen LogP) is 13.6. The minimum Gasteiger partial charge on any atom is -0.0805 e. The molecule has 0 aromatic carbocycles. The Hall–Kier alpha value is -1.04. The molecule has 0 saturated heterocycles. The first-order valence-corrected chi connectivity index (χ1v) is 16.6. The Morgan fingerprint density at radius 1 is 0.775 bits per heavy atom. The fourth-order valence-electron chi connectivity index (χ4n) is 9.03. The second-order valence-electron chi connectivity index (χ2n) is 17.5. The minimum atomic E-state index is 0.336. The van der Waals surface area contributed by atoms with Gasteiger partial charge >= 0.3 is 0 Å². The lowest BCUT2D eigenvalue weighted by Crippen LogP contribution is -2.32. The van der Waals surface area contributed by atoms with Crippen molar-refractivity contribution in [3.63, 3.8) is 0 Å². The summed E-state index contributed by atoms with van der Waals surface area (Å²) in [5, 5.41) is 0. The zero-order valence-corrected chi connectivity index (χ0v) is 30.9. The van der Waals surface area contributed by atoms with Crippen molar-refractivity contribution in [3.05, 3.63) is 45.1 Å². The van der Waals surface area contributed by atoms with E-state index in [0.717, 1.165) is 17.8 Å². The average molecular weight is 553 g/mol. The SMILES string of the molecule is CC1=C(C(C)(C)C)C(C)(C)CCC1C.CC1=C(C)C(C(C)C)C(C)(C)CC1.CC1=CCC(C)(C)C(C(C)C)=C1C. The molecule has 2 unspecified atom stereocenters. The number of rotatable bonds is 2. The van der Waals surface area contributed by atoms with Crippen LogP contribution in [0.3, 0.4) is 0 Å². The Balaban J connectivity index is 0.000000300. The highest BCUT2D eigenvalue weighted by atomic mass is 14.4. The Bertz CT molecular complexity index is 987. The molecule has 0 heterocycles. The van der Waals surface area contributed by atoms with Gasteiger partial charge in [0.1, 0.15) is 0 Å². The smallest absolute Gasteiger partial charge is 0.0102 e. The summed E-state index contributed by atoms with van der Waals surface area (Å²) in [5.41, 5.74) is 12.9. The molecule has 0 aliphatic heterocycles. The van der Waals surface area contributed by atoms with Crippen LogP contribution in [0.4, 0.5) is 0 Å². The van der Waals surface area contributed by atoms with Crippen molar-refractivity contribution in [2.24, 2.45) is 45.3 Å². The second-order valence-corrected chi connectivity index (χ2v) is 17.5. The molecule has 0 bridgehead atoms. The van der Waals surface area contributed by atoms with Gasteiger partial charge in [0.25, 0.3) is 0 Å². The van der Waals surface area contributed by atoms with Crippen LogP contribution in [-0.4, -0.2) is 0 Å². The number of allylic oxidation sites excluding steroid dienone is 8. The summed E-state index contributed by atoms with van der Waals surface area (Å²) in [6, 6.07) is 0. The fraction of sp³-hybridized carbons (Fsp3) is 0.800. The summed E-state index contributed by atoms with van der Waals surface area (Å²) in [5.74, 6) is 3.04. The quantitative estimate of drug-likeness (QED) is 0.299. The van der Waals surface area contributed by atoms with Gasteiger partial charge in [0.15, 0.2) is 0 Å². The van der Waals surface area contributed by atoms with Gasteiger partial charge in [-0.15, -0.1) is 0 Å². The van der Waals surface area contributed by atoms with Crippen LogP contribution in [0.5, 0.6) is 0 Å². The molecule has 0 N–H and O–H groups in total. The van der Waals surface area contributed by atoms with E-state index in [-0.39, 0.29) is 0 Å². The van der Waals surface area contributed by atoms with Crippen molar-refractivity contribution in [1.82, 2.24) is 0 Å². The molecule has 3 aliphatic carbocycles. The highest BCUT2D eigenvalue weighted by Gasteiger charge is 2.38. The summed E-state index contributed by atoms with van der Waals surface area (Å²) in [7, 11) is 0. The summed E-state index contributed by atoms with van der Waals surface area (Å²) < 4.78 is 0. The maximum atomic E-state index is 2.42. The third kappa shape index (κ3) is 8.98. The van der Waals surface area contributed by atoms with Crippen molar-refractivity contribution in [2.45, 2.75) is 164 Å². The van der Waals surface area contributed by atoms with Crippen molar-refractivity contribution < 1.29 is 0 Å². The topological polar surface area (TPSA) is 0 Å². The molecule has 0 fully saturated rings. The van der Waals surface area contributed by atoms with Gasteiger partial charge in [-0.25, -0.2) is 0 Å². The van der Waals surface area contributed by atoms with Crippen molar-refractivity contribution in [2.75, 3.05) is 0 Å². The van der Waals surface area contributed by atoms with Crippen LogP contribution in [0.2, 0.25) is 0 Å². The van der Waals surface area contributed by atoms with E-state index in [1.807, 2.05) is 0 Å². The minimum absolute atomic E-state index is 0.336. The Morgan fingerprint density at radius 2 is 1.30 bits per heavy atom. The predicted molar refractivity (Wildman–Crippen MR) is 184 cm³/mol. The van der Waals surface area contributed by atoms with Gasteiger partial charge in [0, 0.05) is 0 Å². The van der Waals surface area contributed by atoms with Gasteiger partial charge in [-0.3, -0.25) is 0 Å². The molecule has 40 heavy (non-hydrogen) atoms. The molecule has 0 aromatic rings. The largest absolute Gasteiger partial charge is 0.0805 e. The molecule has 3 aliphatic rings. The van der Waals surface area contributed by atoms with Crippen LogP contribution in [-0.2, 0) is 0 Å². The van der Waals surface area contributed by atoms with E-state index in [4.69, 9.17) is 0 Å². The highest BCUT2D eigenvalue weighted by Crippen LogP contribution is 2.50. The standard InChI is InChI=1S/C14H26.C13H24.C13H22/c1-10-8-9-14(6,7)12(11(10)2)13(3,4)5;2*1-9(2)12-11(4)10(3)7-8-13(12,5)6/h10H,8-9H2,1-7H3;9,12H,7-8H2,1-6H3;7,9H,8H2,1-6H3. The monoisotopic (exact) mass is 553 g/mol. The van der Waals surface area contributed by atoms with E-state index >= 15 is 0 Å². The van der Waals surface area contributed by atoms with Crippen LogP contribution < -0.4 is 0 Å². The molecule has 0 spiro atoms. The molecule has 0 amide bonds. The van der Waals surface area contributed by atoms with Gasteiger partial charge in [-0.1, -0.05) is 136 Å². The van der Waals surface area contributed by atoms with Crippen LogP contribution >= 0.6 is 0 Å². The van der Waals surface area contributed by atoms with E-state index in [2.05, 4.69) is 138 Å². The fourth-order valence-corrected chi connectivity index (χ4v) is 9.03. The van der Waals surface area contributed by atoms with Gasteiger partial charge in [0.2, 0.25) is 0 Å². The summed E-state index contributed by atoms with van der Waals surface area (Å²) in [6.07, 6.45) is 8.95.